The van der Waals surface area contributed by atoms with Crippen molar-refractivity contribution in [1.29, 1.82) is 0 Å². The van der Waals surface area contributed by atoms with E-state index in [1.807, 2.05) is 0 Å². The Labute approximate surface area is 62.6 Å². The fourth-order valence-corrected chi connectivity index (χ4v) is 0.671. The van der Waals surface area contributed by atoms with Crippen molar-refractivity contribution >= 4 is 5.97 Å². The van der Waals surface area contributed by atoms with Crippen LogP contribution in [0.25, 0.3) is 0 Å². The monoisotopic (exact) mass is 157 g/mol. The second kappa shape index (κ2) is 3.16. The standard InChI is InChI=1S/C6H7NO4/c1-10-4(6(8)9)5-7-2-3-11-5/h2-4H,1H3,(H,8,9)/t4-/m1/s1. The van der Waals surface area contributed by atoms with Gasteiger partial charge in [0.15, 0.2) is 0 Å². The van der Waals surface area contributed by atoms with Crippen molar-refractivity contribution in [2.24, 2.45) is 0 Å². The summed E-state index contributed by atoms with van der Waals surface area (Å²) < 4.78 is 9.33. The molecule has 5 heteroatoms. The Bertz CT molecular complexity index is 231. The summed E-state index contributed by atoms with van der Waals surface area (Å²) in [7, 11) is 1.28. The summed E-state index contributed by atoms with van der Waals surface area (Å²) in [6.45, 7) is 0. The average molecular weight is 157 g/mol. The molecular weight excluding hydrogens is 150 g/mol. The highest BCUT2D eigenvalue weighted by atomic mass is 16.5. The third-order valence-corrected chi connectivity index (χ3v) is 1.14. The van der Waals surface area contributed by atoms with E-state index in [0.717, 1.165) is 0 Å². The van der Waals surface area contributed by atoms with E-state index in [2.05, 4.69) is 9.72 Å². The number of carboxylic acid groups (broad SMARTS) is 1. The van der Waals surface area contributed by atoms with Gasteiger partial charge in [0.1, 0.15) is 6.26 Å². The molecule has 0 fully saturated rings. The average Bonchev–Trinajstić information content (AvgIpc) is 2.40. The zero-order chi connectivity index (χ0) is 8.27. The molecule has 0 aliphatic rings. The minimum absolute atomic E-state index is 0.0556. The fourth-order valence-electron chi connectivity index (χ4n) is 0.671. The first-order valence-electron chi connectivity index (χ1n) is 2.90. The van der Waals surface area contributed by atoms with Crippen LogP contribution in [0.15, 0.2) is 16.9 Å². The highest BCUT2D eigenvalue weighted by Crippen LogP contribution is 2.13. The Kier molecular flexibility index (Phi) is 2.22. The lowest BCUT2D eigenvalue weighted by Gasteiger charge is -2.03. The summed E-state index contributed by atoms with van der Waals surface area (Å²) >= 11 is 0. The van der Waals surface area contributed by atoms with E-state index >= 15 is 0 Å². The number of hydrogen-bond donors (Lipinski definition) is 1. The summed E-state index contributed by atoms with van der Waals surface area (Å²) in [6, 6.07) is 0. The van der Waals surface area contributed by atoms with Gasteiger partial charge in [0.05, 0.1) is 6.20 Å². The predicted molar refractivity (Wildman–Crippen MR) is 33.9 cm³/mol. The van der Waals surface area contributed by atoms with E-state index in [1.54, 1.807) is 0 Å². The molecule has 0 aromatic carbocycles. The van der Waals surface area contributed by atoms with E-state index in [1.165, 1.54) is 19.6 Å². The number of rotatable bonds is 3. The van der Waals surface area contributed by atoms with Gasteiger partial charge >= 0.3 is 5.97 Å². The molecule has 0 saturated heterocycles. The Balaban J connectivity index is 2.79. The van der Waals surface area contributed by atoms with Crippen LogP contribution in [0.1, 0.15) is 12.0 Å². The molecule has 1 aromatic heterocycles. The Morgan fingerprint density at radius 3 is 3.00 bits per heavy atom. The number of carbonyl (C=O) groups is 1. The lowest BCUT2D eigenvalue weighted by Crippen LogP contribution is -2.13. The van der Waals surface area contributed by atoms with E-state index in [4.69, 9.17) is 9.52 Å². The number of oxazole rings is 1. The number of aromatic nitrogens is 1. The molecule has 1 rings (SSSR count). The van der Waals surface area contributed by atoms with Crippen molar-refractivity contribution in [1.82, 2.24) is 4.98 Å². The first kappa shape index (κ1) is 7.74. The molecule has 5 nitrogen and oxygen atoms in total. The number of methoxy groups -OCH3 is 1. The highest BCUT2D eigenvalue weighted by molar-refractivity contribution is 5.72. The van der Waals surface area contributed by atoms with Crippen LogP contribution < -0.4 is 0 Å². The highest BCUT2D eigenvalue weighted by Gasteiger charge is 2.22. The predicted octanol–water partition coefficient (Wildman–Crippen LogP) is 0.447. The largest absolute Gasteiger partial charge is 0.479 e. The van der Waals surface area contributed by atoms with Crippen LogP contribution in [-0.4, -0.2) is 23.2 Å². The maximum absolute atomic E-state index is 10.4. The van der Waals surface area contributed by atoms with E-state index < -0.39 is 12.1 Å². The smallest absolute Gasteiger partial charge is 0.342 e. The number of nitrogens with zero attached hydrogens (tertiary/aromatic N) is 1. The molecule has 0 aliphatic heterocycles. The van der Waals surface area contributed by atoms with Crippen LogP contribution in [0, 0.1) is 0 Å². The zero-order valence-corrected chi connectivity index (χ0v) is 5.85. The summed E-state index contributed by atoms with van der Waals surface area (Å²) in [5.41, 5.74) is 0. The second-order valence-corrected chi connectivity index (χ2v) is 1.82. The molecular formula is C6H7NO4. The Morgan fingerprint density at radius 1 is 1.91 bits per heavy atom. The molecule has 0 aliphatic carbocycles. The van der Waals surface area contributed by atoms with Gasteiger partial charge in [-0.15, -0.1) is 0 Å². The first-order chi connectivity index (χ1) is 5.25. The van der Waals surface area contributed by atoms with Crippen LogP contribution in [0.4, 0.5) is 0 Å². The van der Waals surface area contributed by atoms with Gasteiger partial charge in [0.25, 0.3) is 0 Å². The Hall–Kier alpha value is -1.36. The molecule has 1 aromatic rings. The van der Waals surface area contributed by atoms with Crippen molar-refractivity contribution in [2.75, 3.05) is 7.11 Å². The van der Waals surface area contributed by atoms with Crippen LogP contribution >= 0.6 is 0 Å². The molecule has 1 atom stereocenters. The molecule has 11 heavy (non-hydrogen) atoms. The summed E-state index contributed by atoms with van der Waals surface area (Å²) in [6.07, 6.45) is 1.55. The van der Waals surface area contributed by atoms with Gasteiger partial charge in [0, 0.05) is 7.11 Å². The molecule has 1 N–H and O–H groups in total. The lowest BCUT2D eigenvalue weighted by atomic mass is 10.4. The lowest BCUT2D eigenvalue weighted by molar-refractivity contribution is -0.150. The van der Waals surface area contributed by atoms with Crippen LogP contribution in [0.3, 0.4) is 0 Å². The minimum Gasteiger partial charge on any atom is -0.479 e. The summed E-state index contributed by atoms with van der Waals surface area (Å²) in [4.78, 5) is 14.0. The van der Waals surface area contributed by atoms with Crippen molar-refractivity contribution in [3.8, 4) is 0 Å². The number of hydrogen-bond acceptors (Lipinski definition) is 4. The van der Waals surface area contributed by atoms with E-state index in [9.17, 15) is 4.79 Å². The SMILES string of the molecule is CO[C@@H](C(=O)O)c1ncco1. The van der Waals surface area contributed by atoms with Gasteiger partial charge in [-0.05, 0) is 0 Å². The maximum atomic E-state index is 10.4. The second-order valence-electron chi connectivity index (χ2n) is 1.82. The van der Waals surface area contributed by atoms with E-state index in [0.29, 0.717) is 0 Å². The number of aliphatic carboxylic acids is 1. The van der Waals surface area contributed by atoms with Gasteiger partial charge in [-0.2, -0.15) is 0 Å². The van der Waals surface area contributed by atoms with Crippen LogP contribution in [-0.2, 0) is 9.53 Å². The van der Waals surface area contributed by atoms with Gasteiger partial charge in [-0.3, -0.25) is 0 Å². The van der Waals surface area contributed by atoms with E-state index in [-0.39, 0.29) is 5.89 Å². The molecule has 0 amide bonds. The van der Waals surface area contributed by atoms with Crippen LogP contribution in [0.2, 0.25) is 0 Å². The summed E-state index contributed by atoms with van der Waals surface area (Å²) in [5.74, 6) is -1.06. The molecule has 0 spiro atoms. The zero-order valence-electron chi connectivity index (χ0n) is 5.85. The minimum atomic E-state index is -1.12. The maximum Gasteiger partial charge on any atom is 0.342 e. The van der Waals surface area contributed by atoms with Crippen molar-refractivity contribution in [2.45, 2.75) is 6.10 Å². The van der Waals surface area contributed by atoms with Crippen molar-refractivity contribution in [3.63, 3.8) is 0 Å². The first-order valence-corrected chi connectivity index (χ1v) is 2.90. The summed E-state index contributed by atoms with van der Waals surface area (Å²) in [5, 5.41) is 8.52. The topological polar surface area (TPSA) is 72.6 Å². The van der Waals surface area contributed by atoms with Crippen molar-refractivity contribution in [3.05, 3.63) is 18.4 Å². The van der Waals surface area contributed by atoms with Gasteiger partial charge in [-0.25, -0.2) is 9.78 Å². The molecule has 60 valence electrons. The fraction of sp³-hybridized carbons (Fsp3) is 0.333. The third kappa shape index (κ3) is 1.56. The van der Waals surface area contributed by atoms with Gasteiger partial charge < -0.3 is 14.3 Å². The van der Waals surface area contributed by atoms with Crippen LogP contribution in [0.5, 0.6) is 0 Å². The molecule has 0 unspecified atom stereocenters. The van der Waals surface area contributed by atoms with Crippen molar-refractivity contribution < 1.29 is 19.1 Å². The molecule has 0 saturated carbocycles. The number of carboxylic acids is 1. The quantitative estimate of drug-likeness (QED) is 0.689. The Morgan fingerprint density at radius 2 is 2.64 bits per heavy atom. The number of ether oxygens (including phenoxy) is 1. The molecule has 0 bridgehead atoms. The third-order valence-electron chi connectivity index (χ3n) is 1.14. The normalized spacial score (nSPS) is 12.8. The molecule has 1 heterocycles. The molecule has 0 radical (unpaired) electrons. The van der Waals surface area contributed by atoms with Gasteiger partial charge in [0.2, 0.25) is 12.0 Å². The van der Waals surface area contributed by atoms with Gasteiger partial charge in [-0.1, -0.05) is 0 Å².